The Morgan fingerprint density at radius 1 is 1.62 bits per heavy atom. The molecular weight excluding hydrogens is 186 g/mol. The molecule has 0 spiro atoms. The van der Waals surface area contributed by atoms with Crippen LogP contribution in [0, 0.1) is 12.8 Å². The van der Waals surface area contributed by atoms with Gasteiger partial charge in [0.1, 0.15) is 0 Å². The third kappa shape index (κ3) is 1.73. The minimum atomic E-state index is 0.0549. The van der Waals surface area contributed by atoms with Crippen LogP contribution in [0.1, 0.15) is 5.56 Å². The van der Waals surface area contributed by atoms with Gasteiger partial charge in [-0.2, -0.15) is 0 Å². The number of rotatable bonds is 2. The Kier molecular flexibility index (Phi) is 2.33. The summed E-state index contributed by atoms with van der Waals surface area (Å²) in [6, 6.07) is 0. The average molecular weight is 197 g/mol. The number of ether oxygens (including phenoxy) is 1. The molecule has 1 N–H and O–H groups in total. The summed E-state index contributed by atoms with van der Waals surface area (Å²) in [5.74, 6) is 0.132. The van der Waals surface area contributed by atoms with Gasteiger partial charge in [-0.15, -0.1) is 11.3 Å². The predicted octanol–water partition coefficient (Wildman–Crippen LogP) is 1.64. The Bertz CT molecular complexity index is 317. The van der Waals surface area contributed by atoms with Crippen LogP contribution in [0.25, 0.3) is 0 Å². The molecule has 1 aliphatic rings. The van der Waals surface area contributed by atoms with Gasteiger partial charge in [0.2, 0.25) is 5.91 Å². The van der Waals surface area contributed by atoms with Crippen molar-refractivity contribution in [3.05, 3.63) is 16.3 Å². The van der Waals surface area contributed by atoms with Crippen LogP contribution in [0.5, 0.6) is 0 Å². The van der Waals surface area contributed by atoms with E-state index in [1.807, 2.05) is 17.7 Å². The van der Waals surface area contributed by atoms with E-state index in [9.17, 15) is 4.79 Å². The van der Waals surface area contributed by atoms with Crippen molar-refractivity contribution in [3.63, 3.8) is 0 Å². The van der Waals surface area contributed by atoms with Crippen molar-refractivity contribution in [1.82, 2.24) is 0 Å². The summed E-state index contributed by atoms with van der Waals surface area (Å²) in [6.07, 6.45) is 0. The van der Waals surface area contributed by atoms with Crippen molar-refractivity contribution in [2.45, 2.75) is 6.92 Å². The van der Waals surface area contributed by atoms with E-state index < -0.39 is 0 Å². The molecule has 0 unspecified atom stereocenters. The molecule has 0 aliphatic carbocycles. The van der Waals surface area contributed by atoms with Crippen LogP contribution in [0.2, 0.25) is 0 Å². The van der Waals surface area contributed by atoms with E-state index in [1.54, 1.807) is 11.3 Å². The third-order valence-corrected chi connectivity index (χ3v) is 2.98. The summed E-state index contributed by atoms with van der Waals surface area (Å²) < 4.78 is 4.95. The molecule has 1 aromatic rings. The molecule has 1 amide bonds. The van der Waals surface area contributed by atoms with Crippen molar-refractivity contribution in [2.75, 3.05) is 18.5 Å². The lowest BCUT2D eigenvalue weighted by Crippen LogP contribution is -2.38. The van der Waals surface area contributed by atoms with Crippen LogP contribution in [0.4, 0.5) is 5.69 Å². The molecular formula is C9H11NO2S. The topological polar surface area (TPSA) is 38.3 Å². The van der Waals surface area contributed by atoms with Crippen LogP contribution in [0.15, 0.2) is 10.8 Å². The molecule has 0 atom stereocenters. The maximum Gasteiger partial charge on any atom is 0.232 e. The summed E-state index contributed by atoms with van der Waals surface area (Å²) in [5.41, 5.74) is 2.06. The van der Waals surface area contributed by atoms with E-state index >= 15 is 0 Å². The van der Waals surface area contributed by atoms with Crippen molar-refractivity contribution in [1.29, 1.82) is 0 Å². The van der Waals surface area contributed by atoms with Gasteiger partial charge >= 0.3 is 0 Å². The fraction of sp³-hybridized carbons (Fsp3) is 0.444. The second kappa shape index (κ2) is 3.47. The van der Waals surface area contributed by atoms with E-state index in [4.69, 9.17) is 4.74 Å². The number of nitrogens with one attached hydrogen (secondary N) is 1. The highest BCUT2D eigenvalue weighted by Crippen LogP contribution is 2.21. The van der Waals surface area contributed by atoms with Crippen molar-refractivity contribution < 1.29 is 9.53 Å². The molecule has 1 aromatic heterocycles. The number of carbonyl (C=O) groups excluding carboxylic acids is 1. The largest absolute Gasteiger partial charge is 0.380 e. The Morgan fingerprint density at radius 3 is 2.85 bits per heavy atom. The zero-order chi connectivity index (χ0) is 9.26. The molecule has 4 heteroatoms. The Hall–Kier alpha value is -0.870. The predicted molar refractivity (Wildman–Crippen MR) is 52.0 cm³/mol. The number of anilines is 1. The first-order chi connectivity index (χ1) is 6.27. The molecule has 0 bridgehead atoms. The van der Waals surface area contributed by atoms with E-state index in [0.29, 0.717) is 13.2 Å². The summed E-state index contributed by atoms with van der Waals surface area (Å²) in [6.45, 7) is 3.12. The number of hydrogen-bond donors (Lipinski definition) is 1. The monoisotopic (exact) mass is 197 g/mol. The number of aryl methyl sites for hydroxylation is 1. The Balaban J connectivity index is 1.97. The van der Waals surface area contributed by atoms with E-state index in [2.05, 4.69) is 5.32 Å². The van der Waals surface area contributed by atoms with Gasteiger partial charge in [-0.05, 0) is 17.9 Å². The van der Waals surface area contributed by atoms with Gasteiger partial charge < -0.3 is 10.1 Å². The van der Waals surface area contributed by atoms with E-state index in [1.165, 1.54) is 0 Å². The molecule has 0 saturated carbocycles. The highest BCUT2D eigenvalue weighted by atomic mass is 32.1. The molecule has 2 rings (SSSR count). The normalized spacial score (nSPS) is 16.7. The van der Waals surface area contributed by atoms with Gasteiger partial charge in [0.05, 0.1) is 24.8 Å². The lowest BCUT2D eigenvalue weighted by atomic mass is 10.1. The fourth-order valence-corrected chi connectivity index (χ4v) is 1.89. The first-order valence-corrected chi connectivity index (χ1v) is 5.13. The molecule has 0 radical (unpaired) electrons. The van der Waals surface area contributed by atoms with Crippen LogP contribution < -0.4 is 5.32 Å². The first kappa shape index (κ1) is 8.72. The minimum Gasteiger partial charge on any atom is -0.380 e. The second-order valence-electron chi connectivity index (χ2n) is 3.19. The van der Waals surface area contributed by atoms with Gasteiger partial charge in [-0.3, -0.25) is 4.79 Å². The molecule has 0 aromatic carbocycles. The second-order valence-corrected chi connectivity index (χ2v) is 3.94. The third-order valence-electron chi connectivity index (χ3n) is 2.12. The first-order valence-electron chi connectivity index (χ1n) is 4.19. The average Bonchev–Trinajstić information content (AvgIpc) is 2.32. The van der Waals surface area contributed by atoms with Gasteiger partial charge in [-0.25, -0.2) is 0 Å². The SMILES string of the molecule is Cc1cscc1NC(=O)C1COC1. The standard InChI is InChI=1S/C9H11NO2S/c1-6-4-13-5-8(6)10-9(11)7-2-12-3-7/h4-5,7H,2-3H2,1H3,(H,10,11). The number of thiophene rings is 1. The molecule has 1 fully saturated rings. The number of hydrogen-bond acceptors (Lipinski definition) is 3. The Labute approximate surface area is 80.7 Å². The quantitative estimate of drug-likeness (QED) is 0.782. The molecule has 70 valence electrons. The van der Waals surface area contributed by atoms with Gasteiger partial charge in [0.25, 0.3) is 0 Å². The lowest BCUT2D eigenvalue weighted by molar-refractivity contribution is -0.133. The van der Waals surface area contributed by atoms with Crippen LogP contribution in [-0.2, 0) is 9.53 Å². The van der Waals surface area contributed by atoms with Gasteiger partial charge in [0, 0.05) is 5.38 Å². The summed E-state index contributed by atoms with van der Waals surface area (Å²) in [7, 11) is 0. The van der Waals surface area contributed by atoms with Gasteiger partial charge in [0.15, 0.2) is 0 Å². The van der Waals surface area contributed by atoms with E-state index in [-0.39, 0.29) is 11.8 Å². The lowest BCUT2D eigenvalue weighted by Gasteiger charge is -2.24. The summed E-state index contributed by atoms with van der Waals surface area (Å²) in [4.78, 5) is 11.5. The smallest absolute Gasteiger partial charge is 0.232 e. The van der Waals surface area contributed by atoms with Gasteiger partial charge in [-0.1, -0.05) is 0 Å². The number of carbonyl (C=O) groups is 1. The number of amides is 1. The molecule has 1 aliphatic heterocycles. The molecule has 3 nitrogen and oxygen atoms in total. The van der Waals surface area contributed by atoms with E-state index in [0.717, 1.165) is 11.3 Å². The minimum absolute atomic E-state index is 0.0549. The maximum atomic E-state index is 11.5. The van der Waals surface area contributed by atoms with Crippen LogP contribution >= 0.6 is 11.3 Å². The Morgan fingerprint density at radius 2 is 2.38 bits per heavy atom. The molecule has 2 heterocycles. The zero-order valence-corrected chi connectivity index (χ0v) is 8.19. The van der Waals surface area contributed by atoms with Crippen LogP contribution in [-0.4, -0.2) is 19.1 Å². The molecule has 13 heavy (non-hydrogen) atoms. The molecule has 1 saturated heterocycles. The van der Waals surface area contributed by atoms with Crippen molar-refractivity contribution >= 4 is 22.9 Å². The highest BCUT2D eigenvalue weighted by Gasteiger charge is 2.26. The summed E-state index contributed by atoms with van der Waals surface area (Å²) in [5, 5.41) is 6.86. The zero-order valence-electron chi connectivity index (χ0n) is 7.37. The fourth-order valence-electron chi connectivity index (χ4n) is 1.11. The van der Waals surface area contributed by atoms with Crippen LogP contribution in [0.3, 0.4) is 0 Å². The summed E-state index contributed by atoms with van der Waals surface area (Å²) >= 11 is 1.60. The van der Waals surface area contributed by atoms with Crippen molar-refractivity contribution in [3.8, 4) is 0 Å². The maximum absolute atomic E-state index is 11.5. The van der Waals surface area contributed by atoms with Crippen molar-refractivity contribution in [2.24, 2.45) is 5.92 Å². The highest BCUT2D eigenvalue weighted by molar-refractivity contribution is 7.08.